The Morgan fingerprint density at radius 1 is 1.32 bits per heavy atom. The molecule has 0 aromatic carbocycles. The Hall–Kier alpha value is -2.25. The number of likely N-dealkylation sites (N-methyl/N-ethyl adjacent to an activating group) is 1. The number of hydrogen-bond acceptors (Lipinski definition) is 5. The van der Waals surface area contributed by atoms with E-state index in [0.717, 1.165) is 30.9 Å². The average Bonchev–Trinajstić information content (AvgIpc) is 2.95. The second-order valence-electron chi connectivity index (χ2n) is 6.70. The van der Waals surface area contributed by atoms with E-state index in [4.69, 9.17) is 4.74 Å². The zero-order valence-corrected chi connectivity index (χ0v) is 14.8. The molecule has 3 rings (SSSR count). The molecule has 1 unspecified atom stereocenters. The quantitative estimate of drug-likeness (QED) is 0.783. The fourth-order valence-electron chi connectivity index (χ4n) is 3.01. The van der Waals surface area contributed by atoms with Crippen LogP contribution >= 0.6 is 0 Å². The van der Waals surface area contributed by atoms with E-state index in [2.05, 4.69) is 15.0 Å². The Morgan fingerprint density at radius 3 is 2.96 bits per heavy atom. The van der Waals surface area contributed by atoms with Gasteiger partial charge in [0.25, 0.3) is 0 Å². The Morgan fingerprint density at radius 2 is 2.20 bits per heavy atom. The van der Waals surface area contributed by atoms with Gasteiger partial charge in [0.1, 0.15) is 0 Å². The molecule has 0 aliphatic carbocycles. The lowest BCUT2D eigenvalue weighted by Crippen LogP contribution is -2.38. The van der Waals surface area contributed by atoms with Gasteiger partial charge in [-0.15, -0.1) is 0 Å². The molecule has 1 aliphatic heterocycles. The van der Waals surface area contributed by atoms with E-state index in [1.54, 1.807) is 25.2 Å². The zero-order chi connectivity index (χ0) is 17.6. The fraction of sp³-hybridized carbons (Fsp3) is 0.500. The second-order valence-corrected chi connectivity index (χ2v) is 6.70. The Kier molecular flexibility index (Phi) is 5.78. The first-order valence-corrected chi connectivity index (χ1v) is 8.51. The van der Waals surface area contributed by atoms with Gasteiger partial charge in [-0.3, -0.25) is 19.4 Å². The van der Waals surface area contributed by atoms with Crippen molar-refractivity contribution in [1.29, 1.82) is 0 Å². The van der Waals surface area contributed by atoms with Gasteiger partial charge in [-0.05, 0) is 17.7 Å². The number of hydrogen-bond donors (Lipinski definition) is 0. The van der Waals surface area contributed by atoms with Crippen LogP contribution in [0.15, 0.2) is 36.8 Å². The molecule has 3 heterocycles. The molecule has 0 bridgehead atoms. The summed E-state index contributed by atoms with van der Waals surface area (Å²) in [4.78, 5) is 20.0. The number of carbonyl (C=O) groups excluding carboxylic acids is 1. The molecule has 2 aromatic rings. The third-order valence-corrected chi connectivity index (χ3v) is 4.34. The molecule has 0 spiro atoms. The first-order valence-electron chi connectivity index (χ1n) is 8.51. The summed E-state index contributed by atoms with van der Waals surface area (Å²) in [5.41, 5.74) is 2.21. The van der Waals surface area contributed by atoms with Gasteiger partial charge in [-0.1, -0.05) is 6.07 Å². The van der Waals surface area contributed by atoms with Crippen molar-refractivity contribution in [3.63, 3.8) is 0 Å². The van der Waals surface area contributed by atoms with Gasteiger partial charge in [0.2, 0.25) is 5.91 Å². The van der Waals surface area contributed by atoms with E-state index in [1.165, 1.54) is 0 Å². The van der Waals surface area contributed by atoms with Crippen LogP contribution in [-0.2, 0) is 29.2 Å². The molecular weight excluding hydrogens is 318 g/mol. The Balaban J connectivity index is 1.61. The lowest BCUT2D eigenvalue weighted by Gasteiger charge is -2.24. The number of pyridine rings is 1. The summed E-state index contributed by atoms with van der Waals surface area (Å²) in [6.07, 6.45) is 5.40. The maximum absolute atomic E-state index is 12.1. The van der Waals surface area contributed by atoms with Crippen LogP contribution < -0.4 is 0 Å². The van der Waals surface area contributed by atoms with Crippen LogP contribution in [0.25, 0.3) is 0 Å². The molecule has 1 amide bonds. The highest BCUT2D eigenvalue weighted by molar-refractivity contribution is 5.77. The van der Waals surface area contributed by atoms with Crippen LogP contribution in [0, 0.1) is 5.92 Å². The van der Waals surface area contributed by atoms with E-state index < -0.39 is 0 Å². The van der Waals surface area contributed by atoms with Crippen LogP contribution in [0.4, 0.5) is 0 Å². The summed E-state index contributed by atoms with van der Waals surface area (Å²) >= 11 is 0. The molecule has 0 radical (unpaired) electrons. The predicted octanol–water partition coefficient (Wildman–Crippen LogP) is 1.01. The molecule has 0 fully saturated rings. The maximum atomic E-state index is 12.1. The highest BCUT2D eigenvalue weighted by Gasteiger charge is 2.24. The summed E-state index contributed by atoms with van der Waals surface area (Å²) in [7, 11) is 3.58. The normalized spacial score (nSPS) is 17.8. The minimum absolute atomic E-state index is 0.114. The Labute approximate surface area is 148 Å². The highest BCUT2D eigenvalue weighted by Crippen LogP contribution is 2.16. The van der Waals surface area contributed by atoms with Crippen LogP contribution in [0.5, 0.6) is 0 Å². The molecule has 2 aromatic heterocycles. The predicted molar refractivity (Wildman–Crippen MR) is 93.6 cm³/mol. The van der Waals surface area contributed by atoms with E-state index >= 15 is 0 Å². The van der Waals surface area contributed by atoms with Crippen molar-refractivity contribution in [2.45, 2.75) is 19.7 Å². The number of fused-ring (bicyclic) bond motifs is 1. The lowest BCUT2D eigenvalue weighted by atomic mass is 10.1. The molecular formula is C18H25N5O2. The van der Waals surface area contributed by atoms with Crippen molar-refractivity contribution in [3.05, 3.63) is 48.0 Å². The number of ether oxygens (including phenoxy) is 1. The van der Waals surface area contributed by atoms with Gasteiger partial charge >= 0.3 is 0 Å². The van der Waals surface area contributed by atoms with Crippen molar-refractivity contribution in [2.75, 3.05) is 33.8 Å². The van der Waals surface area contributed by atoms with Crippen molar-refractivity contribution < 1.29 is 9.53 Å². The van der Waals surface area contributed by atoms with Crippen molar-refractivity contribution in [2.24, 2.45) is 5.92 Å². The third-order valence-electron chi connectivity index (χ3n) is 4.34. The van der Waals surface area contributed by atoms with E-state index in [9.17, 15) is 4.79 Å². The highest BCUT2D eigenvalue weighted by atomic mass is 16.5. The van der Waals surface area contributed by atoms with E-state index in [-0.39, 0.29) is 11.8 Å². The van der Waals surface area contributed by atoms with Crippen LogP contribution in [0.2, 0.25) is 0 Å². The molecule has 0 saturated carbocycles. The molecule has 7 heteroatoms. The number of nitrogens with zero attached hydrogens (tertiary/aromatic N) is 5. The van der Waals surface area contributed by atoms with Crippen LogP contribution in [0.1, 0.15) is 11.3 Å². The second kappa shape index (κ2) is 8.22. The van der Waals surface area contributed by atoms with Gasteiger partial charge in [0, 0.05) is 58.2 Å². The minimum atomic E-state index is 0.114. The van der Waals surface area contributed by atoms with Crippen LogP contribution in [0.3, 0.4) is 0 Å². The fourth-order valence-corrected chi connectivity index (χ4v) is 3.01. The van der Waals surface area contributed by atoms with Gasteiger partial charge < -0.3 is 9.64 Å². The summed E-state index contributed by atoms with van der Waals surface area (Å²) in [6, 6.07) is 5.94. The molecule has 0 saturated heterocycles. The van der Waals surface area contributed by atoms with Gasteiger partial charge in [-0.25, -0.2) is 0 Å². The summed E-state index contributed by atoms with van der Waals surface area (Å²) in [5, 5.41) is 4.41. The van der Waals surface area contributed by atoms with Gasteiger partial charge in [0.05, 0.1) is 25.5 Å². The van der Waals surface area contributed by atoms with Gasteiger partial charge in [-0.2, -0.15) is 5.10 Å². The topological polar surface area (TPSA) is 63.5 Å². The number of amides is 1. The number of rotatable bonds is 6. The standard InChI is InChI=1S/C18H25N5O2/c1-21(2)18(24)12-22-9-16(10-23-17(11-22)5-7-20-23)14-25-13-15-4-3-6-19-8-15/h3-8,16H,9-14H2,1-2H3. The summed E-state index contributed by atoms with van der Waals surface area (Å²) in [6.45, 7) is 3.95. The van der Waals surface area contributed by atoms with Gasteiger partial charge in [0.15, 0.2) is 0 Å². The first-order chi connectivity index (χ1) is 12.1. The van der Waals surface area contributed by atoms with E-state index in [0.29, 0.717) is 19.8 Å². The number of carbonyl (C=O) groups is 1. The Bertz CT molecular complexity index is 686. The SMILES string of the molecule is CN(C)C(=O)CN1Cc2ccnn2CC(COCc2cccnc2)C1. The van der Waals surface area contributed by atoms with Crippen LogP contribution in [-0.4, -0.2) is 64.3 Å². The molecule has 134 valence electrons. The average molecular weight is 343 g/mol. The molecule has 0 N–H and O–H groups in total. The van der Waals surface area contributed by atoms with Crippen molar-refractivity contribution in [1.82, 2.24) is 24.6 Å². The summed E-state index contributed by atoms with van der Waals surface area (Å²) < 4.78 is 7.93. The third kappa shape index (κ3) is 4.87. The molecule has 1 aliphatic rings. The van der Waals surface area contributed by atoms with E-state index in [1.807, 2.05) is 35.3 Å². The largest absolute Gasteiger partial charge is 0.376 e. The lowest BCUT2D eigenvalue weighted by molar-refractivity contribution is -0.130. The minimum Gasteiger partial charge on any atom is -0.376 e. The number of aromatic nitrogens is 3. The summed E-state index contributed by atoms with van der Waals surface area (Å²) in [5.74, 6) is 0.399. The molecule has 7 nitrogen and oxygen atoms in total. The van der Waals surface area contributed by atoms with Crippen molar-refractivity contribution >= 4 is 5.91 Å². The molecule has 1 atom stereocenters. The monoisotopic (exact) mass is 343 g/mol. The first kappa shape index (κ1) is 17.6. The zero-order valence-electron chi connectivity index (χ0n) is 14.8. The molecule has 25 heavy (non-hydrogen) atoms. The maximum Gasteiger partial charge on any atom is 0.236 e. The van der Waals surface area contributed by atoms with Crippen molar-refractivity contribution in [3.8, 4) is 0 Å². The smallest absolute Gasteiger partial charge is 0.236 e.